The lowest BCUT2D eigenvalue weighted by molar-refractivity contribution is -0.150. The number of hydrogen-bond acceptors (Lipinski definition) is 9. The Kier molecular flexibility index (Phi) is 6.91. The summed E-state index contributed by atoms with van der Waals surface area (Å²) in [7, 11) is 0. The standard InChI is InChI=1S/C15H17N5O5S2.ClH/c1-3-25-19-9(7-5-26-15(16)17-7)11(21)18-10-12(22)20-8(14(23)24)4-6(2)27-13(10)20;/h4-6,10,13H,3H2,1-2H3,(H2,16,17)(H,18,21)(H,23,24);1H/b19-9-;/t6?,10?,13-;/m1./s1. The third-order valence-electron chi connectivity index (χ3n) is 3.82. The molecule has 2 aliphatic heterocycles. The molecule has 1 saturated heterocycles. The Bertz CT molecular complexity index is 858. The first-order valence-electron chi connectivity index (χ1n) is 7.99. The molecule has 3 atom stereocenters. The molecular formula is C15H18ClN5O5S2. The number of carbonyl (C=O) groups is 3. The molecular weight excluding hydrogens is 430 g/mol. The minimum atomic E-state index is -1.18. The fraction of sp³-hybridized carbons (Fsp3) is 0.400. The molecule has 3 heterocycles. The molecule has 0 bridgehead atoms. The number of anilines is 1. The van der Waals surface area contributed by atoms with Crippen molar-refractivity contribution in [2.45, 2.75) is 30.5 Å². The zero-order chi connectivity index (χ0) is 19.7. The molecule has 1 aromatic rings. The number of carboxylic acids is 1. The average molecular weight is 448 g/mol. The first kappa shape index (κ1) is 22.0. The van der Waals surface area contributed by atoms with Crippen molar-refractivity contribution in [3.8, 4) is 0 Å². The van der Waals surface area contributed by atoms with Crippen LogP contribution >= 0.6 is 35.5 Å². The number of thioether (sulfide) groups is 1. The lowest BCUT2D eigenvalue weighted by Gasteiger charge is -2.49. The molecule has 0 spiro atoms. The average Bonchev–Trinajstić information content (AvgIpc) is 3.05. The smallest absolute Gasteiger partial charge is 0.352 e. The molecule has 28 heavy (non-hydrogen) atoms. The van der Waals surface area contributed by atoms with Gasteiger partial charge in [-0.05, 0) is 19.9 Å². The number of carboxylic acid groups (broad SMARTS) is 1. The van der Waals surface area contributed by atoms with Gasteiger partial charge in [-0.1, -0.05) is 5.16 Å². The van der Waals surface area contributed by atoms with Crippen molar-refractivity contribution in [2.75, 3.05) is 12.3 Å². The zero-order valence-electron chi connectivity index (χ0n) is 14.8. The van der Waals surface area contributed by atoms with Crippen LogP contribution in [0.15, 0.2) is 22.3 Å². The minimum absolute atomic E-state index is 0. The fourth-order valence-corrected chi connectivity index (χ4v) is 4.54. The van der Waals surface area contributed by atoms with Crippen LogP contribution in [-0.2, 0) is 19.2 Å². The Morgan fingerprint density at radius 2 is 2.21 bits per heavy atom. The second-order valence-electron chi connectivity index (χ2n) is 5.68. The lowest BCUT2D eigenvalue weighted by Crippen LogP contribution is -2.71. The number of oxime groups is 1. The van der Waals surface area contributed by atoms with Gasteiger partial charge in [-0.3, -0.25) is 14.5 Å². The number of β-lactam (4-membered cyclic amide) rings is 1. The largest absolute Gasteiger partial charge is 0.477 e. The number of nitrogens with two attached hydrogens (primary N) is 1. The maximum absolute atomic E-state index is 12.7. The predicted molar refractivity (Wildman–Crippen MR) is 107 cm³/mol. The van der Waals surface area contributed by atoms with Gasteiger partial charge in [0.15, 0.2) is 10.8 Å². The van der Waals surface area contributed by atoms with E-state index in [1.807, 2.05) is 6.92 Å². The van der Waals surface area contributed by atoms with E-state index in [9.17, 15) is 19.5 Å². The van der Waals surface area contributed by atoms with Crippen molar-refractivity contribution in [1.82, 2.24) is 15.2 Å². The van der Waals surface area contributed by atoms with E-state index in [4.69, 9.17) is 10.6 Å². The molecule has 10 nitrogen and oxygen atoms in total. The molecule has 1 fully saturated rings. The Hall–Kier alpha value is -2.31. The second-order valence-corrected chi connectivity index (χ2v) is 8.07. The van der Waals surface area contributed by atoms with Crippen LogP contribution in [0.1, 0.15) is 19.5 Å². The first-order valence-corrected chi connectivity index (χ1v) is 9.81. The molecule has 13 heteroatoms. The van der Waals surface area contributed by atoms with Gasteiger partial charge in [-0.25, -0.2) is 9.78 Å². The van der Waals surface area contributed by atoms with E-state index < -0.39 is 29.2 Å². The maximum Gasteiger partial charge on any atom is 0.352 e. The van der Waals surface area contributed by atoms with Crippen molar-refractivity contribution in [2.24, 2.45) is 5.16 Å². The van der Waals surface area contributed by atoms with Crippen LogP contribution in [0, 0.1) is 0 Å². The van der Waals surface area contributed by atoms with E-state index in [1.54, 1.807) is 12.3 Å². The molecule has 4 N–H and O–H groups in total. The second kappa shape index (κ2) is 8.80. The van der Waals surface area contributed by atoms with Crippen LogP contribution in [0.3, 0.4) is 0 Å². The third-order valence-corrected chi connectivity index (χ3v) is 5.82. The van der Waals surface area contributed by atoms with Gasteiger partial charge in [0.05, 0.1) is 0 Å². The molecule has 152 valence electrons. The molecule has 2 aliphatic rings. The Labute approximate surface area is 174 Å². The van der Waals surface area contributed by atoms with Gasteiger partial charge in [0.1, 0.15) is 29.4 Å². The van der Waals surface area contributed by atoms with Crippen molar-refractivity contribution >= 4 is 64.1 Å². The molecule has 1 aromatic heterocycles. The van der Waals surface area contributed by atoms with Crippen molar-refractivity contribution in [1.29, 1.82) is 0 Å². The van der Waals surface area contributed by atoms with E-state index >= 15 is 0 Å². The summed E-state index contributed by atoms with van der Waals surface area (Å²) < 4.78 is 0. The van der Waals surface area contributed by atoms with Crippen LogP contribution in [-0.4, -0.2) is 61.8 Å². The highest BCUT2D eigenvalue weighted by Crippen LogP contribution is 2.40. The molecule has 0 radical (unpaired) electrons. The van der Waals surface area contributed by atoms with E-state index in [0.29, 0.717) is 0 Å². The van der Waals surface area contributed by atoms with Gasteiger partial charge in [0, 0.05) is 10.6 Å². The number of nitrogens with one attached hydrogen (secondary N) is 1. The molecule has 3 rings (SSSR count). The molecule has 0 aliphatic carbocycles. The van der Waals surface area contributed by atoms with Crippen LogP contribution in [0.25, 0.3) is 0 Å². The van der Waals surface area contributed by atoms with Crippen LogP contribution in [0.4, 0.5) is 5.13 Å². The number of rotatable bonds is 6. The highest BCUT2D eigenvalue weighted by atomic mass is 35.5. The number of fused-ring (bicyclic) bond motifs is 1. The number of halogens is 1. The Morgan fingerprint density at radius 1 is 1.50 bits per heavy atom. The molecule has 2 unspecified atom stereocenters. The number of nitrogens with zero attached hydrogens (tertiary/aromatic N) is 3. The summed E-state index contributed by atoms with van der Waals surface area (Å²) in [6.45, 7) is 3.78. The monoisotopic (exact) mass is 447 g/mol. The quantitative estimate of drug-likeness (QED) is 0.327. The normalized spacial score (nSPS) is 23.7. The predicted octanol–water partition coefficient (Wildman–Crippen LogP) is 0.645. The van der Waals surface area contributed by atoms with E-state index in [1.165, 1.54) is 22.7 Å². The third kappa shape index (κ3) is 4.08. The highest BCUT2D eigenvalue weighted by molar-refractivity contribution is 8.00. The topological polar surface area (TPSA) is 147 Å². The Morgan fingerprint density at radius 3 is 2.79 bits per heavy atom. The summed E-state index contributed by atoms with van der Waals surface area (Å²) in [5, 5.41) is 16.9. The fourth-order valence-electron chi connectivity index (χ4n) is 2.67. The van der Waals surface area contributed by atoms with Gasteiger partial charge in [0.2, 0.25) is 0 Å². The summed E-state index contributed by atoms with van der Waals surface area (Å²) >= 11 is 2.53. The number of aromatic nitrogens is 1. The van der Waals surface area contributed by atoms with E-state index in [0.717, 1.165) is 11.3 Å². The summed E-state index contributed by atoms with van der Waals surface area (Å²) in [6.07, 6.45) is 1.51. The SMILES string of the molecule is CCO/N=C(\C(=O)NC1C(=O)N2C(C(=O)O)=CC(C)S[C@H]12)c1csc(N)n1.Cl. The van der Waals surface area contributed by atoms with E-state index in [2.05, 4.69) is 15.5 Å². The zero-order valence-corrected chi connectivity index (χ0v) is 17.3. The van der Waals surface area contributed by atoms with E-state index in [-0.39, 0.29) is 46.5 Å². The van der Waals surface area contributed by atoms with Crippen LogP contribution < -0.4 is 11.1 Å². The van der Waals surface area contributed by atoms with Crippen LogP contribution in [0.5, 0.6) is 0 Å². The van der Waals surface area contributed by atoms with Crippen molar-refractivity contribution < 1.29 is 24.3 Å². The van der Waals surface area contributed by atoms with Crippen molar-refractivity contribution in [3.63, 3.8) is 0 Å². The summed E-state index contributed by atoms with van der Waals surface area (Å²) in [5.41, 5.74) is 5.67. The van der Waals surface area contributed by atoms with Gasteiger partial charge in [-0.15, -0.1) is 35.5 Å². The van der Waals surface area contributed by atoms with Gasteiger partial charge >= 0.3 is 5.97 Å². The lowest BCUT2D eigenvalue weighted by atomic mass is 10.0. The maximum atomic E-state index is 12.7. The summed E-state index contributed by atoms with van der Waals surface area (Å²) in [6, 6.07) is -0.865. The van der Waals surface area contributed by atoms with Gasteiger partial charge < -0.3 is 21.0 Å². The van der Waals surface area contributed by atoms with Gasteiger partial charge in [0.25, 0.3) is 11.8 Å². The number of thiazole rings is 1. The van der Waals surface area contributed by atoms with Crippen LogP contribution in [0.2, 0.25) is 0 Å². The number of hydrogen-bond donors (Lipinski definition) is 3. The number of amides is 2. The van der Waals surface area contributed by atoms with Gasteiger partial charge in [-0.2, -0.15) is 0 Å². The number of aliphatic carboxylic acids is 1. The molecule has 2 amide bonds. The Balaban J connectivity index is 0.00000280. The highest BCUT2D eigenvalue weighted by Gasteiger charge is 2.54. The number of carbonyl (C=O) groups excluding carboxylic acids is 2. The van der Waals surface area contributed by atoms with Crippen molar-refractivity contribution in [3.05, 3.63) is 22.8 Å². The number of nitrogen functional groups attached to an aromatic ring is 1. The summed E-state index contributed by atoms with van der Waals surface area (Å²) in [5.74, 6) is -2.32. The minimum Gasteiger partial charge on any atom is -0.477 e. The molecule has 0 aromatic carbocycles. The molecule has 0 saturated carbocycles. The first-order chi connectivity index (χ1) is 12.8. The summed E-state index contributed by atoms with van der Waals surface area (Å²) in [4.78, 5) is 46.6.